The number of benzene rings is 3. The summed E-state index contributed by atoms with van der Waals surface area (Å²) in [5.74, 6) is 0.0433. The Balaban J connectivity index is 1.17. The zero-order chi connectivity index (χ0) is 24.3. The van der Waals surface area contributed by atoms with Crippen LogP contribution < -0.4 is 5.32 Å². The summed E-state index contributed by atoms with van der Waals surface area (Å²) < 4.78 is 0. The van der Waals surface area contributed by atoms with Gasteiger partial charge in [0.15, 0.2) is 0 Å². The number of hydrogen-bond acceptors (Lipinski definition) is 4. The van der Waals surface area contributed by atoms with Crippen molar-refractivity contribution in [2.45, 2.75) is 44.9 Å². The predicted octanol–water partition coefficient (Wildman–Crippen LogP) is 4.63. The van der Waals surface area contributed by atoms with E-state index in [1.807, 2.05) is 41.3 Å². The van der Waals surface area contributed by atoms with Gasteiger partial charge in [-0.05, 0) is 60.6 Å². The van der Waals surface area contributed by atoms with Gasteiger partial charge >= 0.3 is 0 Å². The topological polar surface area (TPSA) is 55.8 Å². The van der Waals surface area contributed by atoms with Gasteiger partial charge in [-0.3, -0.25) is 9.69 Å². The summed E-state index contributed by atoms with van der Waals surface area (Å²) in [5.41, 5.74) is 6.06. The Bertz CT molecular complexity index is 1170. The monoisotopic (exact) mass is 469 g/mol. The second-order valence-electron chi connectivity index (χ2n) is 10.1. The van der Waals surface area contributed by atoms with Gasteiger partial charge in [-0.25, -0.2) is 0 Å². The maximum absolute atomic E-state index is 13.3. The Labute approximate surface area is 208 Å². The molecule has 0 aromatic heterocycles. The molecule has 5 heteroatoms. The molecule has 2 aliphatic heterocycles. The van der Waals surface area contributed by atoms with Crippen LogP contribution in [0.1, 0.15) is 45.5 Å². The van der Waals surface area contributed by atoms with Gasteiger partial charge in [0.25, 0.3) is 5.91 Å². The Morgan fingerprint density at radius 3 is 2.43 bits per heavy atom. The summed E-state index contributed by atoms with van der Waals surface area (Å²) in [5, 5.41) is 14.8. The van der Waals surface area contributed by atoms with Gasteiger partial charge in [-0.2, -0.15) is 0 Å². The minimum atomic E-state index is -0.737. The Morgan fingerprint density at radius 2 is 1.66 bits per heavy atom. The Morgan fingerprint density at radius 1 is 0.943 bits per heavy atom. The number of aliphatic hydroxyl groups is 1. The lowest BCUT2D eigenvalue weighted by atomic mass is 9.89. The fraction of sp³-hybridized carbons (Fsp3) is 0.367. The maximum atomic E-state index is 13.3. The van der Waals surface area contributed by atoms with E-state index >= 15 is 0 Å². The average molecular weight is 470 g/mol. The molecule has 3 aromatic carbocycles. The highest BCUT2D eigenvalue weighted by molar-refractivity contribution is 5.95. The van der Waals surface area contributed by atoms with E-state index in [0.29, 0.717) is 38.0 Å². The number of β-amino-alcohol motifs (C(OH)–C–C–N with tert-alkyl or cyclic N) is 1. The van der Waals surface area contributed by atoms with E-state index in [4.69, 9.17) is 0 Å². The van der Waals surface area contributed by atoms with Gasteiger partial charge in [0.1, 0.15) is 0 Å². The molecule has 2 aliphatic rings. The van der Waals surface area contributed by atoms with Crippen molar-refractivity contribution in [1.29, 1.82) is 0 Å². The second-order valence-corrected chi connectivity index (χ2v) is 10.1. The second kappa shape index (κ2) is 10.2. The number of carbonyl (C=O) groups excluding carboxylic acids is 1. The summed E-state index contributed by atoms with van der Waals surface area (Å²) in [6.07, 6.45) is 2.26. The molecular weight excluding hydrogens is 434 g/mol. The lowest BCUT2D eigenvalue weighted by Gasteiger charge is -2.42. The highest BCUT2D eigenvalue weighted by Gasteiger charge is 2.36. The standard InChI is InChI=1S/C30H35N3O2/c1-23-11-12-26(19-28(23)31-20-24-7-3-2-4-8-24)29(34)33-17-14-30(35,15-18-33)22-32-16-13-25-9-5-6-10-27(25)21-32/h2-12,19,31,35H,13-18,20-22H2,1H3. The molecule has 2 heterocycles. The highest BCUT2D eigenvalue weighted by Crippen LogP contribution is 2.28. The fourth-order valence-electron chi connectivity index (χ4n) is 5.31. The van der Waals surface area contributed by atoms with E-state index in [9.17, 15) is 9.90 Å². The van der Waals surface area contributed by atoms with Crippen LogP contribution in [-0.2, 0) is 19.5 Å². The van der Waals surface area contributed by atoms with Crippen LogP contribution in [0.4, 0.5) is 5.69 Å². The average Bonchev–Trinajstić information content (AvgIpc) is 2.88. The molecule has 0 aliphatic carbocycles. The fourth-order valence-corrected chi connectivity index (χ4v) is 5.31. The van der Waals surface area contributed by atoms with Crippen molar-refractivity contribution >= 4 is 11.6 Å². The minimum absolute atomic E-state index is 0.0433. The molecule has 1 saturated heterocycles. The van der Waals surface area contributed by atoms with Crippen molar-refractivity contribution in [3.63, 3.8) is 0 Å². The van der Waals surface area contributed by atoms with E-state index in [1.54, 1.807) is 0 Å². The number of aryl methyl sites for hydroxylation is 1. The smallest absolute Gasteiger partial charge is 0.253 e. The van der Waals surface area contributed by atoms with Crippen LogP contribution in [0.15, 0.2) is 72.8 Å². The van der Waals surface area contributed by atoms with E-state index in [-0.39, 0.29) is 5.91 Å². The molecule has 2 N–H and O–H groups in total. The van der Waals surface area contributed by atoms with Crippen molar-refractivity contribution in [3.8, 4) is 0 Å². The predicted molar refractivity (Wildman–Crippen MR) is 140 cm³/mol. The van der Waals surface area contributed by atoms with Gasteiger partial charge < -0.3 is 15.3 Å². The summed E-state index contributed by atoms with van der Waals surface area (Å²) in [4.78, 5) is 17.5. The number of nitrogens with zero attached hydrogens (tertiary/aromatic N) is 2. The first-order valence-corrected chi connectivity index (χ1v) is 12.7. The molecule has 182 valence electrons. The number of amides is 1. The number of hydrogen-bond donors (Lipinski definition) is 2. The van der Waals surface area contributed by atoms with Crippen LogP contribution >= 0.6 is 0 Å². The van der Waals surface area contributed by atoms with Crippen LogP contribution in [0, 0.1) is 6.92 Å². The van der Waals surface area contributed by atoms with Gasteiger partial charge in [0.05, 0.1) is 5.60 Å². The lowest BCUT2D eigenvalue weighted by molar-refractivity contribution is -0.0430. The lowest BCUT2D eigenvalue weighted by Crippen LogP contribution is -2.52. The molecule has 1 amide bonds. The summed E-state index contributed by atoms with van der Waals surface area (Å²) >= 11 is 0. The van der Waals surface area contributed by atoms with Gasteiger partial charge in [-0.15, -0.1) is 0 Å². The van der Waals surface area contributed by atoms with Crippen LogP contribution in [-0.4, -0.2) is 52.6 Å². The molecule has 0 bridgehead atoms. The largest absolute Gasteiger partial charge is 0.388 e. The van der Waals surface area contributed by atoms with Crippen LogP contribution in [0.2, 0.25) is 0 Å². The van der Waals surface area contributed by atoms with Crippen molar-refractivity contribution < 1.29 is 9.90 Å². The number of carbonyl (C=O) groups is 1. The quantitative estimate of drug-likeness (QED) is 0.553. The molecule has 0 atom stereocenters. The van der Waals surface area contributed by atoms with E-state index in [1.165, 1.54) is 16.7 Å². The van der Waals surface area contributed by atoms with E-state index < -0.39 is 5.60 Å². The van der Waals surface area contributed by atoms with Crippen molar-refractivity contribution in [2.75, 3.05) is 31.5 Å². The van der Waals surface area contributed by atoms with Crippen molar-refractivity contribution in [3.05, 3.63) is 101 Å². The third kappa shape index (κ3) is 5.58. The van der Waals surface area contributed by atoms with Gasteiger partial charge in [-0.1, -0.05) is 60.7 Å². The third-order valence-electron chi connectivity index (χ3n) is 7.52. The first kappa shape index (κ1) is 23.6. The van der Waals surface area contributed by atoms with Crippen LogP contribution in [0.5, 0.6) is 0 Å². The number of rotatable bonds is 6. The summed E-state index contributed by atoms with van der Waals surface area (Å²) in [6.45, 7) is 6.48. The number of anilines is 1. The van der Waals surface area contributed by atoms with Crippen molar-refractivity contribution in [1.82, 2.24) is 9.80 Å². The number of nitrogens with one attached hydrogen (secondary N) is 1. The normalized spacial score (nSPS) is 17.6. The zero-order valence-electron chi connectivity index (χ0n) is 20.5. The molecule has 3 aromatic rings. The number of fused-ring (bicyclic) bond motifs is 1. The third-order valence-corrected chi connectivity index (χ3v) is 7.52. The molecule has 5 rings (SSSR count). The first-order chi connectivity index (χ1) is 17.0. The molecule has 0 radical (unpaired) electrons. The van der Waals surface area contributed by atoms with Crippen molar-refractivity contribution in [2.24, 2.45) is 0 Å². The molecular formula is C30H35N3O2. The number of likely N-dealkylation sites (tertiary alicyclic amines) is 1. The zero-order valence-corrected chi connectivity index (χ0v) is 20.5. The molecule has 5 nitrogen and oxygen atoms in total. The maximum Gasteiger partial charge on any atom is 0.253 e. The number of piperidine rings is 1. The molecule has 35 heavy (non-hydrogen) atoms. The van der Waals surface area contributed by atoms with E-state index in [0.717, 1.165) is 37.3 Å². The summed E-state index contributed by atoms with van der Waals surface area (Å²) in [6, 6.07) is 24.7. The molecule has 0 saturated carbocycles. The highest BCUT2D eigenvalue weighted by atomic mass is 16.3. The first-order valence-electron chi connectivity index (χ1n) is 12.7. The Hall–Kier alpha value is -3.15. The van der Waals surface area contributed by atoms with Crippen LogP contribution in [0.3, 0.4) is 0 Å². The van der Waals surface area contributed by atoms with E-state index in [2.05, 4.69) is 53.5 Å². The SMILES string of the molecule is Cc1ccc(C(=O)N2CCC(O)(CN3CCc4ccccc4C3)CC2)cc1NCc1ccccc1. The Kier molecular flexibility index (Phi) is 6.89. The minimum Gasteiger partial charge on any atom is -0.388 e. The molecule has 0 spiro atoms. The van der Waals surface area contributed by atoms with Gasteiger partial charge in [0, 0.05) is 50.5 Å². The molecule has 1 fully saturated rings. The molecule has 0 unspecified atom stereocenters. The summed E-state index contributed by atoms with van der Waals surface area (Å²) in [7, 11) is 0. The van der Waals surface area contributed by atoms with Crippen LogP contribution in [0.25, 0.3) is 0 Å². The van der Waals surface area contributed by atoms with Gasteiger partial charge in [0.2, 0.25) is 0 Å².